The highest BCUT2D eigenvalue weighted by molar-refractivity contribution is 4.49. The van der Waals surface area contributed by atoms with Crippen LogP contribution in [0.4, 0.5) is 0 Å². The van der Waals surface area contributed by atoms with Crippen LogP contribution in [-0.2, 0) is 4.74 Å². The fourth-order valence-electron chi connectivity index (χ4n) is 1.28. The van der Waals surface area contributed by atoms with Gasteiger partial charge < -0.3 is 9.22 Å². The van der Waals surface area contributed by atoms with E-state index in [1.807, 2.05) is 27.7 Å². The van der Waals surface area contributed by atoms with E-state index < -0.39 is 0 Å². The lowest BCUT2D eigenvalue weighted by atomic mass is 10.2. The molecule has 2 heteroatoms. The number of hydrogen-bond donors (Lipinski definition) is 0. The number of hydrogen-bond acceptors (Lipinski definition) is 1. The Bertz CT molecular complexity index is 107. The summed E-state index contributed by atoms with van der Waals surface area (Å²) in [6.07, 6.45) is 0. The Morgan fingerprint density at radius 3 is 1.50 bits per heavy atom. The lowest BCUT2D eigenvalue weighted by Gasteiger charge is -2.41. The highest BCUT2D eigenvalue weighted by atomic mass is 16.5. The third kappa shape index (κ3) is 5.61. The van der Waals surface area contributed by atoms with Crippen LogP contribution < -0.4 is 0 Å². The van der Waals surface area contributed by atoms with Crippen LogP contribution in [0, 0.1) is 0 Å². The van der Waals surface area contributed by atoms with E-state index in [1.165, 1.54) is 17.6 Å². The van der Waals surface area contributed by atoms with Crippen molar-refractivity contribution in [2.45, 2.75) is 47.6 Å². The molecular weight excluding hydrogens is 174 g/mol. The van der Waals surface area contributed by atoms with Crippen molar-refractivity contribution in [3.63, 3.8) is 0 Å². The summed E-state index contributed by atoms with van der Waals surface area (Å²) in [5, 5.41) is 0. The SMILES string of the molecule is CC.CC.CC(C)[N+]1(C)CCOCC1. The Labute approximate surface area is 90.8 Å². The lowest BCUT2D eigenvalue weighted by molar-refractivity contribution is -0.936. The van der Waals surface area contributed by atoms with Crippen LogP contribution in [0.2, 0.25) is 0 Å². The Morgan fingerprint density at radius 1 is 0.929 bits per heavy atom. The van der Waals surface area contributed by atoms with Crippen LogP contribution >= 0.6 is 0 Å². The second-order valence-corrected chi connectivity index (χ2v) is 3.63. The Hall–Kier alpha value is -0.0800. The van der Waals surface area contributed by atoms with Crippen molar-refractivity contribution in [3.8, 4) is 0 Å². The van der Waals surface area contributed by atoms with Crippen LogP contribution in [-0.4, -0.2) is 43.9 Å². The highest BCUT2D eigenvalue weighted by Gasteiger charge is 2.27. The number of nitrogens with zero attached hydrogens (tertiary/aromatic N) is 1. The van der Waals surface area contributed by atoms with Crippen LogP contribution in [0.5, 0.6) is 0 Å². The molecule has 0 aromatic heterocycles. The van der Waals surface area contributed by atoms with Crippen LogP contribution in [0.15, 0.2) is 0 Å². The van der Waals surface area contributed by atoms with Gasteiger partial charge in [0.2, 0.25) is 0 Å². The molecule has 0 saturated carbocycles. The van der Waals surface area contributed by atoms with E-state index in [2.05, 4.69) is 20.9 Å². The second-order valence-electron chi connectivity index (χ2n) is 3.63. The molecule has 1 aliphatic rings. The number of morpholine rings is 1. The van der Waals surface area contributed by atoms with Gasteiger partial charge in [-0.15, -0.1) is 0 Å². The van der Waals surface area contributed by atoms with Gasteiger partial charge >= 0.3 is 0 Å². The average molecular weight is 204 g/mol. The molecule has 2 nitrogen and oxygen atoms in total. The normalized spacial score (nSPS) is 18.9. The Balaban J connectivity index is 0. The molecule has 1 saturated heterocycles. The van der Waals surface area contributed by atoms with Crippen molar-refractivity contribution < 1.29 is 9.22 Å². The van der Waals surface area contributed by atoms with Gasteiger partial charge in [-0.3, -0.25) is 0 Å². The van der Waals surface area contributed by atoms with Gasteiger partial charge in [-0.25, -0.2) is 0 Å². The monoisotopic (exact) mass is 204 g/mol. The third-order valence-corrected chi connectivity index (χ3v) is 2.74. The molecule has 0 aliphatic carbocycles. The van der Waals surface area contributed by atoms with Gasteiger partial charge in [0.15, 0.2) is 0 Å². The summed E-state index contributed by atoms with van der Waals surface area (Å²) in [6, 6.07) is 0.740. The van der Waals surface area contributed by atoms with E-state index in [-0.39, 0.29) is 0 Å². The third-order valence-electron chi connectivity index (χ3n) is 2.74. The van der Waals surface area contributed by atoms with Gasteiger partial charge in [-0.2, -0.15) is 0 Å². The van der Waals surface area contributed by atoms with Crippen molar-refractivity contribution in [2.24, 2.45) is 0 Å². The maximum Gasteiger partial charge on any atom is 0.102 e. The molecule has 1 rings (SSSR count). The largest absolute Gasteiger partial charge is 0.370 e. The van der Waals surface area contributed by atoms with Gasteiger partial charge in [0.25, 0.3) is 0 Å². The lowest BCUT2D eigenvalue weighted by Crippen LogP contribution is -2.56. The summed E-state index contributed by atoms with van der Waals surface area (Å²) in [6.45, 7) is 16.8. The second kappa shape index (κ2) is 9.47. The quantitative estimate of drug-likeness (QED) is 0.597. The zero-order valence-electron chi connectivity index (χ0n) is 11.3. The van der Waals surface area contributed by atoms with Crippen molar-refractivity contribution in [3.05, 3.63) is 0 Å². The van der Waals surface area contributed by atoms with E-state index >= 15 is 0 Å². The van der Waals surface area contributed by atoms with E-state index in [0.29, 0.717) is 0 Å². The zero-order chi connectivity index (χ0) is 11.6. The molecule has 0 bridgehead atoms. The van der Waals surface area contributed by atoms with Crippen molar-refractivity contribution >= 4 is 0 Å². The number of quaternary nitrogens is 1. The molecule has 1 heterocycles. The maximum absolute atomic E-state index is 5.30. The fraction of sp³-hybridized carbons (Fsp3) is 1.00. The standard InChI is InChI=1S/C8H18NO.2C2H6/c1-8(2)9(3)4-6-10-7-5-9;2*1-2/h8H,4-7H2,1-3H3;2*1-2H3/q+1;;. The van der Waals surface area contributed by atoms with Crippen LogP contribution in [0.25, 0.3) is 0 Å². The minimum atomic E-state index is 0.740. The fourth-order valence-corrected chi connectivity index (χ4v) is 1.28. The van der Waals surface area contributed by atoms with Crippen molar-refractivity contribution in [1.82, 2.24) is 0 Å². The molecule has 14 heavy (non-hydrogen) atoms. The van der Waals surface area contributed by atoms with E-state index in [1.54, 1.807) is 0 Å². The molecule has 0 aromatic rings. The predicted molar refractivity (Wildman–Crippen MR) is 64.6 cm³/mol. The molecule has 1 aliphatic heterocycles. The summed E-state index contributed by atoms with van der Waals surface area (Å²) in [7, 11) is 2.31. The maximum atomic E-state index is 5.30. The summed E-state index contributed by atoms with van der Waals surface area (Å²) in [4.78, 5) is 0. The molecule has 0 atom stereocenters. The first kappa shape index (κ1) is 16.4. The number of ether oxygens (including phenoxy) is 1. The highest BCUT2D eigenvalue weighted by Crippen LogP contribution is 2.12. The summed E-state index contributed by atoms with van der Waals surface area (Å²) >= 11 is 0. The molecule has 1 fully saturated rings. The Morgan fingerprint density at radius 2 is 1.29 bits per heavy atom. The topological polar surface area (TPSA) is 9.23 Å². The van der Waals surface area contributed by atoms with Gasteiger partial charge in [-0.1, -0.05) is 27.7 Å². The van der Waals surface area contributed by atoms with Crippen molar-refractivity contribution in [2.75, 3.05) is 33.4 Å². The van der Waals surface area contributed by atoms with E-state index in [9.17, 15) is 0 Å². The molecule has 0 radical (unpaired) electrons. The Kier molecular flexibility index (Phi) is 11.1. The van der Waals surface area contributed by atoms with E-state index in [0.717, 1.165) is 19.3 Å². The minimum Gasteiger partial charge on any atom is -0.370 e. The molecule has 0 amide bonds. The van der Waals surface area contributed by atoms with Gasteiger partial charge in [0.05, 0.1) is 26.3 Å². The summed E-state index contributed by atoms with van der Waals surface area (Å²) < 4.78 is 6.48. The van der Waals surface area contributed by atoms with Gasteiger partial charge in [0.1, 0.15) is 13.1 Å². The first-order valence-corrected chi connectivity index (χ1v) is 6.07. The smallest absolute Gasteiger partial charge is 0.102 e. The summed E-state index contributed by atoms with van der Waals surface area (Å²) in [5.41, 5.74) is 0. The average Bonchev–Trinajstić information content (AvgIpc) is 2.25. The molecule has 0 unspecified atom stereocenters. The molecular formula is C12H30NO+. The zero-order valence-corrected chi connectivity index (χ0v) is 11.3. The van der Waals surface area contributed by atoms with Crippen LogP contribution in [0.1, 0.15) is 41.5 Å². The molecule has 0 aromatic carbocycles. The first-order chi connectivity index (χ1) is 6.65. The first-order valence-electron chi connectivity index (χ1n) is 6.07. The predicted octanol–water partition coefficient (Wildman–Crippen LogP) is 2.92. The summed E-state index contributed by atoms with van der Waals surface area (Å²) in [5.74, 6) is 0. The minimum absolute atomic E-state index is 0.740. The van der Waals surface area contributed by atoms with Crippen molar-refractivity contribution in [1.29, 1.82) is 0 Å². The van der Waals surface area contributed by atoms with Gasteiger partial charge in [0, 0.05) is 0 Å². The van der Waals surface area contributed by atoms with Gasteiger partial charge in [-0.05, 0) is 13.8 Å². The number of rotatable bonds is 1. The molecule has 0 spiro atoms. The molecule has 88 valence electrons. The van der Waals surface area contributed by atoms with Crippen LogP contribution in [0.3, 0.4) is 0 Å². The number of likely N-dealkylation sites (N-methyl/N-ethyl adjacent to an activating group) is 1. The van der Waals surface area contributed by atoms with E-state index in [4.69, 9.17) is 4.74 Å². The molecule has 0 N–H and O–H groups in total.